The van der Waals surface area contributed by atoms with E-state index < -0.39 is 5.54 Å². The number of hydrogen-bond acceptors (Lipinski definition) is 3. The Bertz CT molecular complexity index is 449. The average Bonchev–Trinajstić information content (AvgIpc) is 2.40. The summed E-state index contributed by atoms with van der Waals surface area (Å²) in [6.45, 7) is 4.64. The Hall–Kier alpha value is -1.26. The van der Waals surface area contributed by atoms with Gasteiger partial charge in [0.25, 0.3) is 0 Å². The number of amides is 1. The zero-order chi connectivity index (χ0) is 15.2. The third-order valence-corrected chi connectivity index (χ3v) is 3.44. The van der Waals surface area contributed by atoms with Crippen LogP contribution in [-0.2, 0) is 4.79 Å². The highest BCUT2D eigenvalue weighted by molar-refractivity contribution is 6.32. The first kappa shape index (κ1) is 16.8. The molecule has 0 aromatic heterocycles. The van der Waals surface area contributed by atoms with Gasteiger partial charge in [-0.15, -0.1) is 0 Å². The first-order valence-corrected chi connectivity index (χ1v) is 7.18. The highest BCUT2D eigenvalue weighted by Gasteiger charge is 2.29. The van der Waals surface area contributed by atoms with Crippen molar-refractivity contribution < 1.29 is 9.53 Å². The summed E-state index contributed by atoms with van der Waals surface area (Å²) < 4.78 is 5.56. The molecule has 0 saturated heterocycles. The quantitative estimate of drug-likeness (QED) is 0.842. The van der Waals surface area contributed by atoms with Gasteiger partial charge in [0.15, 0.2) is 0 Å². The van der Waals surface area contributed by atoms with Crippen LogP contribution in [0.1, 0.15) is 26.7 Å². The summed E-state index contributed by atoms with van der Waals surface area (Å²) in [4.78, 5) is 13.8. The molecule has 0 heterocycles. The van der Waals surface area contributed by atoms with Crippen LogP contribution in [0.2, 0.25) is 5.02 Å². The Morgan fingerprint density at radius 1 is 1.45 bits per heavy atom. The van der Waals surface area contributed by atoms with E-state index in [9.17, 15) is 4.79 Å². The van der Waals surface area contributed by atoms with E-state index in [4.69, 9.17) is 22.1 Å². The number of nitrogens with zero attached hydrogens (tertiary/aromatic N) is 1. The van der Waals surface area contributed by atoms with Crippen LogP contribution in [0.15, 0.2) is 24.3 Å². The van der Waals surface area contributed by atoms with Crippen molar-refractivity contribution in [3.05, 3.63) is 29.3 Å². The van der Waals surface area contributed by atoms with E-state index in [1.165, 1.54) is 0 Å². The van der Waals surface area contributed by atoms with Crippen molar-refractivity contribution >= 4 is 17.5 Å². The molecule has 112 valence electrons. The molecular weight excluding hydrogens is 276 g/mol. The van der Waals surface area contributed by atoms with E-state index in [2.05, 4.69) is 0 Å². The van der Waals surface area contributed by atoms with Gasteiger partial charge in [-0.25, -0.2) is 0 Å². The summed E-state index contributed by atoms with van der Waals surface area (Å²) in [5.74, 6) is 0.557. The van der Waals surface area contributed by atoms with Gasteiger partial charge in [-0.3, -0.25) is 4.79 Å². The monoisotopic (exact) mass is 298 g/mol. The zero-order valence-electron chi connectivity index (χ0n) is 12.4. The highest BCUT2D eigenvalue weighted by atomic mass is 35.5. The first-order chi connectivity index (χ1) is 9.38. The predicted molar refractivity (Wildman–Crippen MR) is 82.1 cm³/mol. The molecule has 1 aromatic carbocycles. The molecule has 4 nitrogen and oxygen atoms in total. The Morgan fingerprint density at radius 2 is 2.10 bits per heavy atom. The van der Waals surface area contributed by atoms with E-state index in [1.54, 1.807) is 31.0 Å². The SMILES string of the molecule is CCCC(C)(N)C(=O)N(C)CCOc1ccccc1Cl. The predicted octanol–water partition coefficient (Wildman–Crippen LogP) is 2.69. The van der Waals surface area contributed by atoms with Crippen molar-refractivity contribution in [3.63, 3.8) is 0 Å². The van der Waals surface area contributed by atoms with Crippen LogP contribution >= 0.6 is 11.6 Å². The molecule has 0 saturated carbocycles. The van der Waals surface area contributed by atoms with Crippen LogP contribution in [-0.4, -0.2) is 36.5 Å². The minimum absolute atomic E-state index is 0.0675. The van der Waals surface area contributed by atoms with Crippen molar-refractivity contribution in [1.82, 2.24) is 4.90 Å². The van der Waals surface area contributed by atoms with Crippen molar-refractivity contribution in [2.45, 2.75) is 32.2 Å². The van der Waals surface area contributed by atoms with Crippen molar-refractivity contribution in [3.8, 4) is 5.75 Å². The molecule has 0 fully saturated rings. The second kappa shape index (κ2) is 7.50. The van der Waals surface area contributed by atoms with Gasteiger partial charge in [-0.1, -0.05) is 37.1 Å². The van der Waals surface area contributed by atoms with Gasteiger partial charge in [0.2, 0.25) is 5.91 Å². The fourth-order valence-corrected chi connectivity index (χ4v) is 2.21. The maximum Gasteiger partial charge on any atom is 0.242 e. The molecule has 1 unspecified atom stereocenters. The van der Waals surface area contributed by atoms with Gasteiger partial charge in [-0.2, -0.15) is 0 Å². The Morgan fingerprint density at radius 3 is 2.70 bits per heavy atom. The molecule has 0 spiro atoms. The van der Waals surface area contributed by atoms with Crippen LogP contribution in [0.4, 0.5) is 0 Å². The molecular formula is C15H23ClN2O2. The topological polar surface area (TPSA) is 55.6 Å². The second-order valence-electron chi connectivity index (χ2n) is 5.17. The number of likely N-dealkylation sites (N-methyl/N-ethyl adjacent to an activating group) is 1. The summed E-state index contributed by atoms with van der Waals surface area (Å²) in [7, 11) is 1.74. The second-order valence-corrected chi connectivity index (χ2v) is 5.58. The molecule has 0 aliphatic carbocycles. The molecule has 2 N–H and O–H groups in total. The smallest absolute Gasteiger partial charge is 0.242 e. The Kier molecular flexibility index (Phi) is 6.30. The lowest BCUT2D eigenvalue weighted by Gasteiger charge is -2.29. The lowest BCUT2D eigenvalue weighted by Crippen LogP contribution is -2.52. The van der Waals surface area contributed by atoms with Crippen LogP contribution in [0, 0.1) is 0 Å². The van der Waals surface area contributed by atoms with E-state index in [0.717, 1.165) is 6.42 Å². The van der Waals surface area contributed by atoms with Gasteiger partial charge in [-0.05, 0) is 25.5 Å². The fraction of sp³-hybridized carbons (Fsp3) is 0.533. The Balaban J connectivity index is 2.46. The normalized spacial score (nSPS) is 13.7. The molecule has 20 heavy (non-hydrogen) atoms. The molecule has 1 aromatic rings. The molecule has 5 heteroatoms. The number of ether oxygens (including phenoxy) is 1. The number of para-hydroxylation sites is 1. The lowest BCUT2D eigenvalue weighted by molar-refractivity contribution is -0.135. The van der Waals surface area contributed by atoms with Gasteiger partial charge in [0, 0.05) is 7.05 Å². The summed E-state index contributed by atoms with van der Waals surface area (Å²) in [5.41, 5.74) is 5.21. The number of carbonyl (C=O) groups excluding carboxylic acids is 1. The molecule has 0 bridgehead atoms. The summed E-state index contributed by atoms with van der Waals surface area (Å²) in [5, 5.41) is 0.566. The largest absolute Gasteiger partial charge is 0.490 e. The summed E-state index contributed by atoms with van der Waals surface area (Å²) >= 11 is 5.99. The van der Waals surface area contributed by atoms with Gasteiger partial charge in [0.05, 0.1) is 17.1 Å². The highest BCUT2D eigenvalue weighted by Crippen LogP contribution is 2.22. The standard InChI is InChI=1S/C15H23ClN2O2/c1-4-9-15(2,17)14(19)18(3)10-11-20-13-8-6-5-7-12(13)16/h5-8H,4,9-11,17H2,1-3H3. The van der Waals surface area contributed by atoms with Crippen LogP contribution in [0.3, 0.4) is 0 Å². The molecule has 1 amide bonds. The van der Waals surface area contributed by atoms with Crippen LogP contribution in [0.25, 0.3) is 0 Å². The third kappa shape index (κ3) is 4.69. The number of benzene rings is 1. The van der Waals surface area contributed by atoms with Gasteiger partial charge < -0.3 is 15.4 Å². The molecule has 0 aliphatic heterocycles. The number of nitrogens with two attached hydrogens (primary N) is 1. The summed E-state index contributed by atoms with van der Waals surface area (Å²) in [6, 6.07) is 7.27. The van der Waals surface area contributed by atoms with Gasteiger partial charge in [0.1, 0.15) is 12.4 Å². The van der Waals surface area contributed by atoms with Crippen molar-refractivity contribution in [2.24, 2.45) is 5.73 Å². The third-order valence-electron chi connectivity index (χ3n) is 3.13. The van der Waals surface area contributed by atoms with Gasteiger partial charge >= 0.3 is 0 Å². The zero-order valence-corrected chi connectivity index (χ0v) is 13.1. The van der Waals surface area contributed by atoms with E-state index in [0.29, 0.717) is 30.3 Å². The van der Waals surface area contributed by atoms with E-state index >= 15 is 0 Å². The van der Waals surface area contributed by atoms with E-state index in [-0.39, 0.29) is 5.91 Å². The minimum atomic E-state index is -0.812. The molecule has 0 radical (unpaired) electrons. The molecule has 1 rings (SSSR count). The Labute approximate surface area is 125 Å². The van der Waals surface area contributed by atoms with Crippen molar-refractivity contribution in [1.29, 1.82) is 0 Å². The minimum Gasteiger partial charge on any atom is -0.490 e. The maximum absolute atomic E-state index is 12.2. The number of halogens is 1. The molecule has 1 atom stereocenters. The number of rotatable bonds is 7. The molecule has 0 aliphatic rings. The summed E-state index contributed by atoms with van der Waals surface area (Å²) in [6.07, 6.45) is 1.55. The van der Waals surface area contributed by atoms with Crippen molar-refractivity contribution in [2.75, 3.05) is 20.2 Å². The average molecular weight is 299 g/mol. The maximum atomic E-state index is 12.2. The van der Waals surface area contributed by atoms with E-state index in [1.807, 2.05) is 19.1 Å². The fourth-order valence-electron chi connectivity index (χ4n) is 2.02. The lowest BCUT2D eigenvalue weighted by atomic mass is 9.96. The first-order valence-electron chi connectivity index (χ1n) is 6.80. The number of hydrogen-bond donors (Lipinski definition) is 1. The van der Waals surface area contributed by atoms with Crippen LogP contribution in [0.5, 0.6) is 5.75 Å². The van der Waals surface area contributed by atoms with Crippen LogP contribution < -0.4 is 10.5 Å². The number of carbonyl (C=O) groups is 1.